The summed E-state index contributed by atoms with van der Waals surface area (Å²) in [5.74, 6) is 0.249. The summed E-state index contributed by atoms with van der Waals surface area (Å²) < 4.78 is 2.44. The lowest BCUT2D eigenvalue weighted by Crippen LogP contribution is -2.30. The first-order chi connectivity index (χ1) is 14.2. The lowest BCUT2D eigenvalue weighted by molar-refractivity contribution is 0.461. The highest BCUT2D eigenvalue weighted by molar-refractivity contribution is 7.80. The lowest BCUT2D eigenvalue weighted by Gasteiger charge is -2.30. The van der Waals surface area contributed by atoms with Crippen molar-refractivity contribution in [3.8, 4) is 5.75 Å². The monoisotopic (exact) mass is 404 g/mol. The van der Waals surface area contributed by atoms with Crippen molar-refractivity contribution in [2.75, 3.05) is 4.90 Å². The van der Waals surface area contributed by atoms with E-state index in [1.165, 1.54) is 31.4 Å². The molecule has 1 aliphatic carbocycles. The maximum Gasteiger partial charge on any atom is 0.174 e. The summed E-state index contributed by atoms with van der Waals surface area (Å²) in [5.41, 5.74) is 3.18. The zero-order valence-electron chi connectivity index (χ0n) is 16.1. The minimum absolute atomic E-state index is 0.0162. The van der Waals surface area contributed by atoms with Crippen LogP contribution < -0.4 is 10.2 Å². The Labute approximate surface area is 176 Å². The Morgan fingerprint density at radius 3 is 2.52 bits per heavy atom. The quantitative estimate of drug-likeness (QED) is 0.607. The minimum Gasteiger partial charge on any atom is -0.508 e. The Bertz CT molecular complexity index is 995. The zero-order chi connectivity index (χ0) is 19.8. The molecule has 2 N–H and O–H groups in total. The first-order valence-electron chi connectivity index (χ1n) is 10.2. The van der Waals surface area contributed by atoms with E-state index in [0.29, 0.717) is 11.2 Å². The number of nitrogens with one attached hydrogen (secondary N) is 1. The van der Waals surface area contributed by atoms with Crippen LogP contribution in [0.2, 0.25) is 0 Å². The van der Waals surface area contributed by atoms with Gasteiger partial charge in [-0.3, -0.25) is 4.98 Å². The van der Waals surface area contributed by atoms with E-state index in [1.807, 2.05) is 30.5 Å². The molecule has 6 heteroatoms. The van der Waals surface area contributed by atoms with Gasteiger partial charge in [-0.15, -0.1) is 0 Å². The van der Waals surface area contributed by atoms with Crippen molar-refractivity contribution >= 4 is 23.0 Å². The van der Waals surface area contributed by atoms with E-state index < -0.39 is 0 Å². The summed E-state index contributed by atoms with van der Waals surface area (Å²) in [4.78, 5) is 6.79. The third kappa shape index (κ3) is 3.27. The zero-order valence-corrected chi connectivity index (χ0v) is 16.9. The van der Waals surface area contributed by atoms with E-state index in [1.54, 1.807) is 12.1 Å². The van der Waals surface area contributed by atoms with Crippen LogP contribution in [0.3, 0.4) is 0 Å². The molecule has 148 valence electrons. The molecule has 5 nitrogen and oxygen atoms in total. The van der Waals surface area contributed by atoms with E-state index in [2.05, 4.69) is 44.2 Å². The van der Waals surface area contributed by atoms with Crippen molar-refractivity contribution in [1.82, 2.24) is 14.9 Å². The second-order valence-corrected chi connectivity index (χ2v) is 8.18. The second-order valence-electron chi connectivity index (χ2n) is 7.79. The Morgan fingerprint density at radius 1 is 1.00 bits per heavy atom. The van der Waals surface area contributed by atoms with Gasteiger partial charge in [0.1, 0.15) is 11.8 Å². The SMILES string of the molecule is Oc1ccc(N2C(=S)NC(c3ccccn3)C2c2cccn2C2CCCC2)cc1. The van der Waals surface area contributed by atoms with Crippen LogP contribution in [0.1, 0.15) is 55.2 Å². The van der Waals surface area contributed by atoms with Crippen LogP contribution in [0, 0.1) is 0 Å². The predicted octanol–water partition coefficient (Wildman–Crippen LogP) is 4.88. The number of phenolic OH excluding ortho intramolecular Hbond substituents is 1. The summed E-state index contributed by atoms with van der Waals surface area (Å²) >= 11 is 5.78. The number of hydrogen-bond acceptors (Lipinski definition) is 3. The van der Waals surface area contributed by atoms with Crippen molar-refractivity contribution in [2.45, 2.75) is 43.8 Å². The van der Waals surface area contributed by atoms with Gasteiger partial charge in [-0.2, -0.15) is 0 Å². The molecule has 3 heterocycles. The summed E-state index contributed by atoms with van der Waals surface area (Å²) in [7, 11) is 0. The number of aromatic nitrogens is 2. The maximum absolute atomic E-state index is 9.75. The smallest absolute Gasteiger partial charge is 0.174 e. The molecular weight excluding hydrogens is 380 g/mol. The van der Waals surface area contributed by atoms with Crippen LogP contribution in [0.15, 0.2) is 67.0 Å². The molecule has 2 atom stereocenters. The molecule has 1 saturated carbocycles. The van der Waals surface area contributed by atoms with Crippen LogP contribution in [0.5, 0.6) is 5.75 Å². The van der Waals surface area contributed by atoms with Gasteiger partial charge >= 0.3 is 0 Å². The molecule has 1 aromatic carbocycles. The number of anilines is 1. The molecule has 0 spiro atoms. The fourth-order valence-electron chi connectivity index (χ4n) is 4.72. The molecular formula is C23H24N4OS. The number of hydrogen-bond donors (Lipinski definition) is 2. The molecule has 2 aliphatic rings. The fourth-order valence-corrected chi connectivity index (χ4v) is 5.07. The van der Waals surface area contributed by atoms with Gasteiger partial charge in [-0.05, 0) is 73.6 Å². The van der Waals surface area contributed by atoms with Crippen LogP contribution in [0.4, 0.5) is 5.69 Å². The number of benzene rings is 1. The summed E-state index contributed by atoms with van der Waals surface area (Å²) in [5, 5.41) is 13.9. The molecule has 2 fully saturated rings. The normalized spacial score (nSPS) is 22.2. The van der Waals surface area contributed by atoms with Gasteiger partial charge in [-0.25, -0.2) is 0 Å². The van der Waals surface area contributed by atoms with Crippen molar-refractivity contribution < 1.29 is 5.11 Å². The van der Waals surface area contributed by atoms with Crippen LogP contribution in [-0.2, 0) is 0 Å². The fraction of sp³-hybridized carbons (Fsp3) is 0.304. The largest absolute Gasteiger partial charge is 0.508 e. The molecule has 1 saturated heterocycles. The number of nitrogens with zero attached hydrogens (tertiary/aromatic N) is 3. The number of phenols is 1. The molecule has 5 rings (SSSR count). The number of aromatic hydroxyl groups is 1. The molecule has 1 aliphatic heterocycles. The third-order valence-corrected chi connectivity index (χ3v) is 6.37. The van der Waals surface area contributed by atoms with Gasteiger partial charge in [-0.1, -0.05) is 18.9 Å². The van der Waals surface area contributed by atoms with Crippen molar-refractivity contribution in [3.63, 3.8) is 0 Å². The van der Waals surface area contributed by atoms with Gasteiger partial charge in [0.15, 0.2) is 5.11 Å². The van der Waals surface area contributed by atoms with Gasteiger partial charge in [0, 0.05) is 29.8 Å². The summed E-state index contributed by atoms with van der Waals surface area (Å²) in [6, 6.07) is 18.1. The van der Waals surface area contributed by atoms with Crippen molar-refractivity contribution in [2.24, 2.45) is 0 Å². The number of pyridine rings is 1. The molecule has 2 unspecified atom stereocenters. The number of thiocarbonyl (C=S) groups is 1. The topological polar surface area (TPSA) is 53.3 Å². The Kier molecular flexibility index (Phi) is 4.72. The molecule has 0 amide bonds. The van der Waals surface area contributed by atoms with Gasteiger partial charge < -0.3 is 19.9 Å². The first-order valence-corrected chi connectivity index (χ1v) is 10.6. The lowest BCUT2D eigenvalue weighted by atomic mass is 10.00. The second kappa shape index (κ2) is 7.52. The first kappa shape index (κ1) is 18.2. The van der Waals surface area contributed by atoms with Crippen molar-refractivity contribution in [1.29, 1.82) is 0 Å². The van der Waals surface area contributed by atoms with Gasteiger partial charge in [0.2, 0.25) is 0 Å². The Hall–Kier alpha value is -2.86. The van der Waals surface area contributed by atoms with E-state index in [4.69, 9.17) is 12.2 Å². The highest BCUT2D eigenvalue weighted by Gasteiger charge is 2.42. The maximum atomic E-state index is 9.75. The van der Waals surface area contributed by atoms with Crippen molar-refractivity contribution in [3.05, 3.63) is 78.4 Å². The average Bonchev–Trinajstić information content (AvgIpc) is 3.48. The minimum atomic E-state index is -0.0486. The molecule has 29 heavy (non-hydrogen) atoms. The molecule has 0 radical (unpaired) electrons. The number of rotatable bonds is 4. The van der Waals surface area contributed by atoms with E-state index in [0.717, 1.165) is 11.4 Å². The predicted molar refractivity (Wildman–Crippen MR) is 118 cm³/mol. The van der Waals surface area contributed by atoms with Crippen LogP contribution >= 0.6 is 12.2 Å². The third-order valence-electron chi connectivity index (χ3n) is 6.06. The van der Waals surface area contributed by atoms with E-state index in [9.17, 15) is 5.11 Å². The van der Waals surface area contributed by atoms with E-state index >= 15 is 0 Å². The Balaban J connectivity index is 1.62. The summed E-state index contributed by atoms with van der Waals surface area (Å²) in [6.45, 7) is 0. The highest BCUT2D eigenvalue weighted by Crippen LogP contribution is 2.43. The Morgan fingerprint density at radius 2 is 1.79 bits per heavy atom. The van der Waals surface area contributed by atoms with Crippen LogP contribution in [-0.4, -0.2) is 19.8 Å². The molecule has 3 aromatic rings. The van der Waals surface area contributed by atoms with E-state index in [-0.39, 0.29) is 17.8 Å². The molecule has 2 aromatic heterocycles. The summed E-state index contributed by atoms with van der Waals surface area (Å²) in [6.07, 6.45) is 9.05. The average molecular weight is 405 g/mol. The standard InChI is InChI=1S/C23H24N4OS/c28-18-12-10-17(11-13-18)27-22(20-9-5-15-26(20)16-6-1-2-7-16)21(25-23(27)29)19-8-3-4-14-24-19/h3-5,8-16,21-22,28H,1-2,6-7H2,(H,25,29). The van der Waals surface area contributed by atoms with Crippen LogP contribution in [0.25, 0.3) is 0 Å². The highest BCUT2D eigenvalue weighted by atomic mass is 32.1. The van der Waals surface area contributed by atoms with Gasteiger partial charge in [0.25, 0.3) is 0 Å². The molecule has 0 bridgehead atoms. The van der Waals surface area contributed by atoms with Gasteiger partial charge in [0.05, 0.1) is 11.7 Å².